The number of piperazine rings is 1. The van der Waals surface area contributed by atoms with Crippen LogP contribution in [0.4, 0.5) is 4.39 Å². The van der Waals surface area contributed by atoms with E-state index in [0.29, 0.717) is 11.0 Å². The van der Waals surface area contributed by atoms with Crippen LogP contribution in [0.15, 0.2) is 22.7 Å². The molecule has 0 aromatic heterocycles. The highest BCUT2D eigenvalue weighted by Gasteiger charge is 2.34. The van der Waals surface area contributed by atoms with E-state index >= 15 is 0 Å². The number of benzene rings is 1. The van der Waals surface area contributed by atoms with Gasteiger partial charge in [-0.2, -0.15) is 0 Å². The largest absolute Gasteiger partial charge is 0.480 e. The summed E-state index contributed by atoms with van der Waals surface area (Å²) in [5.41, 5.74) is -0.129. The van der Waals surface area contributed by atoms with Gasteiger partial charge in [0.15, 0.2) is 0 Å². The number of hydrogen-bond donors (Lipinski definition) is 2. The van der Waals surface area contributed by atoms with Gasteiger partial charge in [-0.1, -0.05) is 6.07 Å². The van der Waals surface area contributed by atoms with Gasteiger partial charge in [-0.25, -0.2) is 9.18 Å². The van der Waals surface area contributed by atoms with Crippen LogP contribution in [0.5, 0.6) is 0 Å². The number of carbonyl (C=O) groups excluding carboxylic acids is 1. The Morgan fingerprint density at radius 1 is 1.47 bits per heavy atom. The molecule has 1 saturated heterocycles. The normalized spacial score (nSPS) is 19.3. The summed E-state index contributed by atoms with van der Waals surface area (Å²) in [6, 6.07) is 3.22. The molecule has 0 spiro atoms. The van der Waals surface area contributed by atoms with Gasteiger partial charge >= 0.3 is 5.97 Å². The quantitative estimate of drug-likeness (QED) is 0.851. The first-order valence-corrected chi connectivity index (χ1v) is 6.50. The van der Waals surface area contributed by atoms with Gasteiger partial charge in [-0.05, 0) is 28.1 Å². The van der Waals surface area contributed by atoms with Crippen LogP contribution in [0.2, 0.25) is 0 Å². The Kier molecular flexibility index (Phi) is 4.16. The van der Waals surface area contributed by atoms with E-state index in [0.717, 1.165) is 0 Å². The lowest BCUT2D eigenvalue weighted by atomic mass is 10.1. The SMILES string of the molecule is O=C(O)C1CNCCN1C(=O)c1c(F)cccc1Br. The molecule has 1 aromatic rings. The highest BCUT2D eigenvalue weighted by atomic mass is 79.9. The summed E-state index contributed by atoms with van der Waals surface area (Å²) in [6.45, 7) is 0.880. The zero-order chi connectivity index (χ0) is 14.0. The Labute approximate surface area is 117 Å². The van der Waals surface area contributed by atoms with Crippen LogP contribution in [0.1, 0.15) is 10.4 Å². The minimum absolute atomic E-state index is 0.129. The molecule has 1 aromatic carbocycles. The molecule has 1 heterocycles. The van der Waals surface area contributed by atoms with E-state index in [9.17, 15) is 14.0 Å². The van der Waals surface area contributed by atoms with Crippen molar-refractivity contribution < 1.29 is 19.1 Å². The maximum Gasteiger partial charge on any atom is 0.327 e. The lowest BCUT2D eigenvalue weighted by Gasteiger charge is -2.33. The topological polar surface area (TPSA) is 69.6 Å². The van der Waals surface area contributed by atoms with E-state index in [1.807, 2.05) is 0 Å². The van der Waals surface area contributed by atoms with Gasteiger partial charge in [0.25, 0.3) is 5.91 Å². The second kappa shape index (κ2) is 5.66. The molecule has 1 atom stereocenters. The van der Waals surface area contributed by atoms with Gasteiger partial charge in [0.2, 0.25) is 0 Å². The van der Waals surface area contributed by atoms with Crippen molar-refractivity contribution >= 4 is 27.8 Å². The van der Waals surface area contributed by atoms with E-state index in [-0.39, 0.29) is 18.7 Å². The summed E-state index contributed by atoms with van der Waals surface area (Å²) in [7, 11) is 0. The molecule has 2 rings (SSSR count). The first kappa shape index (κ1) is 14.0. The maximum atomic E-state index is 13.7. The molecule has 19 heavy (non-hydrogen) atoms. The average molecular weight is 331 g/mol. The molecular formula is C12H12BrFN2O3. The van der Waals surface area contributed by atoms with E-state index in [4.69, 9.17) is 5.11 Å². The molecule has 0 saturated carbocycles. The molecule has 0 radical (unpaired) electrons. The van der Waals surface area contributed by atoms with Gasteiger partial charge in [0.05, 0.1) is 5.56 Å². The van der Waals surface area contributed by atoms with Crippen LogP contribution >= 0.6 is 15.9 Å². The first-order valence-electron chi connectivity index (χ1n) is 5.71. The van der Waals surface area contributed by atoms with Crippen molar-refractivity contribution in [3.8, 4) is 0 Å². The number of aliphatic carboxylic acids is 1. The van der Waals surface area contributed by atoms with Crippen molar-refractivity contribution in [2.45, 2.75) is 6.04 Å². The van der Waals surface area contributed by atoms with Crippen LogP contribution in [0.25, 0.3) is 0 Å². The number of carboxylic acid groups (broad SMARTS) is 1. The fourth-order valence-corrected chi connectivity index (χ4v) is 2.53. The van der Waals surface area contributed by atoms with Gasteiger partial charge in [0, 0.05) is 24.1 Å². The van der Waals surface area contributed by atoms with Crippen molar-refractivity contribution in [1.29, 1.82) is 0 Å². The lowest BCUT2D eigenvalue weighted by molar-refractivity contribution is -0.142. The highest BCUT2D eigenvalue weighted by Crippen LogP contribution is 2.22. The molecule has 5 nitrogen and oxygen atoms in total. The fraction of sp³-hybridized carbons (Fsp3) is 0.333. The van der Waals surface area contributed by atoms with Crippen LogP contribution in [-0.2, 0) is 4.79 Å². The first-order chi connectivity index (χ1) is 9.02. The van der Waals surface area contributed by atoms with Gasteiger partial charge < -0.3 is 15.3 Å². The third-order valence-corrected chi connectivity index (χ3v) is 3.63. The summed E-state index contributed by atoms with van der Waals surface area (Å²) < 4.78 is 14.1. The number of carbonyl (C=O) groups is 2. The number of rotatable bonds is 2. The van der Waals surface area contributed by atoms with Crippen LogP contribution < -0.4 is 5.32 Å². The monoisotopic (exact) mass is 330 g/mol. The van der Waals surface area contributed by atoms with Crippen LogP contribution in [-0.4, -0.2) is 47.6 Å². The summed E-state index contributed by atoms with van der Waals surface area (Å²) in [6.07, 6.45) is 0. The maximum absolute atomic E-state index is 13.7. The summed E-state index contributed by atoms with van der Waals surface area (Å²) in [4.78, 5) is 24.6. The van der Waals surface area contributed by atoms with Crippen LogP contribution in [0, 0.1) is 5.82 Å². The molecule has 1 aliphatic rings. The summed E-state index contributed by atoms with van der Waals surface area (Å²) >= 11 is 3.12. The number of amides is 1. The molecule has 102 valence electrons. The van der Waals surface area contributed by atoms with Crippen molar-refractivity contribution in [2.24, 2.45) is 0 Å². The molecule has 0 bridgehead atoms. The third kappa shape index (κ3) is 2.76. The highest BCUT2D eigenvalue weighted by molar-refractivity contribution is 9.10. The van der Waals surface area contributed by atoms with Crippen molar-refractivity contribution in [3.05, 3.63) is 34.1 Å². The molecule has 0 aliphatic carbocycles. The van der Waals surface area contributed by atoms with Gasteiger partial charge in [-0.15, -0.1) is 0 Å². The molecule has 1 amide bonds. The Bertz CT molecular complexity index is 503. The smallest absolute Gasteiger partial charge is 0.327 e. The summed E-state index contributed by atoms with van der Waals surface area (Å²) in [5, 5.41) is 12.0. The van der Waals surface area contributed by atoms with Crippen molar-refractivity contribution in [2.75, 3.05) is 19.6 Å². The second-order valence-electron chi connectivity index (χ2n) is 4.15. The Morgan fingerprint density at radius 3 is 2.84 bits per heavy atom. The number of nitrogens with one attached hydrogen (secondary N) is 1. The second-order valence-corrected chi connectivity index (χ2v) is 5.01. The fourth-order valence-electron chi connectivity index (χ4n) is 2.01. The Morgan fingerprint density at radius 2 is 2.21 bits per heavy atom. The predicted molar refractivity (Wildman–Crippen MR) is 69.4 cm³/mol. The number of nitrogens with zero attached hydrogens (tertiary/aromatic N) is 1. The number of halogens is 2. The average Bonchev–Trinajstić information content (AvgIpc) is 2.38. The third-order valence-electron chi connectivity index (χ3n) is 2.97. The van der Waals surface area contributed by atoms with Crippen molar-refractivity contribution in [1.82, 2.24) is 10.2 Å². The van der Waals surface area contributed by atoms with Gasteiger partial charge in [-0.3, -0.25) is 4.79 Å². The zero-order valence-electron chi connectivity index (χ0n) is 9.90. The standard InChI is InChI=1S/C12H12BrFN2O3/c13-7-2-1-3-8(14)10(7)11(17)16-5-4-15-6-9(16)12(18)19/h1-3,9,15H,4-6H2,(H,18,19). The lowest BCUT2D eigenvalue weighted by Crippen LogP contribution is -2.57. The summed E-state index contributed by atoms with van der Waals surface area (Å²) in [5.74, 6) is -2.38. The Hall–Kier alpha value is -1.47. The molecular weight excluding hydrogens is 319 g/mol. The number of hydrogen-bond acceptors (Lipinski definition) is 3. The van der Waals surface area contributed by atoms with E-state index < -0.39 is 23.7 Å². The predicted octanol–water partition coefficient (Wildman–Crippen LogP) is 1.09. The van der Waals surface area contributed by atoms with E-state index in [1.54, 1.807) is 6.07 Å². The van der Waals surface area contributed by atoms with E-state index in [1.165, 1.54) is 17.0 Å². The molecule has 2 N–H and O–H groups in total. The minimum atomic E-state index is -1.10. The van der Waals surface area contributed by atoms with Crippen LogP contribution in [0.3, 0.4) is 0 Å². The molecule has 1 aliphatic heterocycles. The molecule has 1 fully saturated rings. The Balaban J connectivity index is 2.34. The van der Waals surface area contributed by atoms with Crippen molar-refractivity contribution in [3.63, 3.8) is 0 Å². The van der Waals surface area contributed by atoms with E-state index in [2.05, 4.69) is 21.2 Å². The minimum Gasteiger partial charge on any atom is -0.480 e. The zero-order valence-corrected chi connectivity index (χ0v) is 11.5. The number of carboxylic acids is 1. The molecule has 1 unspecified atom stereocenters. The van der Waals surface area contributed by atoms with Gasteiger partial charge in [0.1, 0.15) is 11.9 Å². The molecule has 7 heteroatoms.